The number of para-hydroxylation sites is 2. The van der Waals surface area contributed by atoms with E-state index in [9.17, 15) is 14.4 Å². The van der Waals surface area contributed by atoms with Crippen LogP contribution in [0.1, 0.15) is 57.5 Å². The quantitative estimate of drug-likeness (QED) is 0.685. The van der Waals surface area contributed by atoms with E-state index in [1.54, 1.807) is 84.0 Å². The van der Waals surface area contributed by atoms with Crippen LogP contribution in [0.2, 0.25) is 0 Å². The molecule has 0 heterocycles. The minimum Gasteiger partial charge on any atom is -0.443 e. The summed E-state index contributed by atoms with van der Waals surface area (Å²) in [5.74, 6) is -0.408. The summed E-state index contributed by atoms with van der Waals surface area (Å²) in [5, 5.41) is 2.75. The molecule has 172 valence electrons. The summed E-state index contributed by atoms with van der Waals surface area (Å²) < 4.78 is 10.8. The van der Waals surface area contributed by atoms with E-state index in [1.807, 2.05) is 0 Å². The molecule has 0 aliphatic rings. The largest absolute Gasteiger partial charge is 0.443 e. The van der Waals surface area contributed by atoms with E-state index >= 15 is 0 Å². The van der Waals surface area contributed by atoms with Gasteiger partial charge < -0.3 is 20.5 Å². The van der Waals surface area contributed by atoms with Crippen molar-refractivity contribution in [1.82, 2.24) is 0 Å². The Bertz CT molecular complexity index is 944. The molecule has 3 amide bonds. The Morgan fingerprint density at radius 3 is 1.81 bits per heavy atom. The van der Waals surface area contributed by atoms with Crippen molar-refractivity contribution in [1.29, 1.82) is 0 Å². The van der Waals surface area contributed by atoms with Crippen LogP contribution in [0.3, 0.4) is 0 Å². The minimum absolute atomic E-state index is 0.128. The second-order valence-corrected chi connectivity index (χ2v) is 9.17. The van der Waals surface area contributed by atoms with Gasteiger partial charge in [-0.05, 0) is 71.4 Å². The summed E-state index contributed by atoms with van der Waals surface area (Å²) in [6.45, 7) is 10.5. The molecule has 2 aromatic rings. The molecule has 3 N–H and O–H groups in total. The monoisotopic (exact) mass is 441 g/mol. The zero-order valence-electron chi connectivity index (χ0n) is 19.4. The second-order valence-electron chi connectivity index (χ2n) is 9.17. The molecule has 8 nitrogen and oxygen atoms in total. The molecule has 2 rings (SSSR count). The lowest BCUT2D eigenvalue weighted by atomic mass is 10.1. The first kappa shape index (κ1) is 24.9. The fraction of sp³-hybridized carbons (Fsp3) is 0.375. The predicted octanol–water partition coefficient (Wildman–Crippen LogP) is 5.07. The number of imide groups is 1. The van der Waals surface area contributed by atoms with E-state index in [-0.39, 0.29) is 11.4 Å². The molecule has 0 radical (unpaired) electrons. The number of carbonyl (C=O) groups excluding carboxylic acids is 3. The van der Waals surface area contributed by atoms with Crippen LogP contribution in [0.5, 0.6) is 0 Å². The molecule has 0 bridgehead atoms. The van der Waals surface area contributed by atoms with Crippen molar-refractivity contribution in [2.45, 2.75) is 59.3 Å². The molecule has 0 saturated heterocycles. The van der Waals surface area contributed by atoms with E-state index in [4.69, 9.17) is 15.2 Å². The lowest BCUT2D eigenvalue weighted by Gasteiger charge is -2.29. The maximum Gasteiger partial charge on any atom is 0.424 e. The number of benzene rings is 2. The van der Waals surface area contributed by atoms with Gasteiger partial charge in [0, 0.05) is 12.1 Å². The average molecular weight is 442 g/mol. The molecule has 2 aromatic carbocycles. The zero-order valence-corrected chi connectivity index (χ0v) is 19.4. The van der Waals surface area contributed by atoms with Crippen molar-refractivity contribution < 1.29 is 23.9 Å². The van der Waals surface area contributed by atoms with E-state index in [0.29, 0.717) is 12.1 Å². The van der Waals surface area contributed by atoms with E-state index < -0.39 is 29.3 Å². The minimum atomic E-state index is -0.916. The fourth-order valence-electron chi connectivity index (χ4n) is 2.65. The number of anilines is 2. The number of hydrogen-bond acceptors (Lipinski definition) is 6. The van der Waals surface area contributed by atoms with Gasteiger partial charge in [0.25, 0.3) is 5.91 Å². The normalized spacial score (nSPS) is 11.5. The maximum atomic E-state index is 12.9. The first-order valence-electron chi connectivity index (χ1n) is 10.3. The molecular formula is C24H31N3O5. The molecule has 0 fully saturated rings. The number of rotatable bonds is 4. The van der Waals surface area contributed by atoms with Crippen LogP contribution in [0.25, 0.3) is 0 Å². The Labute approximate surface area is 188 Å². The van der Waals surface area contributed by atoms with Gasteiger partial charge >= 0.3 is 12.2 Å². The van der Waals surface area contributed by atoms with Crippen molar-refractivity contribution in [2.75, 3.05) is 10.2 Å². The third-order valence-electron chi connectivity index (χ3n) is 4.00. The summed E-state index contributed by atoms with van der Waals surface area (Å²) in [6.07, 6.45) is -1.83. The van der Waals surface area contributed by atoms with Gasteiger partial charge in [-0.1, -0.05) is 24.3 Å². The number of hydrogen-bond donors (Lipinski definition) is 2. The summed E-state index contributed by atoms with van der Waals surface area (Å²) in [6, 6.07) is 13.3. The van der Waals surface area contributed by atoms with Crippen LogP contribution in [0, 0.1) is 0 Å². The van der Waals surface area contributed by atoms with Gasteiger partial charge in [0.1, 0.15) is 11.2 Å². The van der Waals surface area contributed by atoms with Crippen LogP contribution in [-0.2, 0) is 16.0 Å². The number of ether oxygens (including phenoxy) is 2. The molecule has 0 atom stereocenters. The Morgan fingerprint density at radius 2 is 1.34 bits per heavy atom. The Kier molecular flexibility index (Phi) is 7.64. The highest BCUT2D eigenvalue weighted by molar-refractivity contribution is 6.14. The zero-order chi connectivity index (χ0) is 24.1. The van der Waals surface area contributed by atoms with Gasteiger partial charge in [0.2, 0.25) is 0 Å². The van der Waals surface area contributed by atoms with Crippen molar-refractivity contribution >= 4 is 29.5 Å². The summed E-state index contributed by atoms with van der Waals surface area (Å²) in [4.78, 5) is 39.5. The molecule has 8 heteroatoms. The molecule has 0 unspecified atom stereocenters. The molecule has 0 spiro atoms. The van der Waals surface area contributed by atoms with E-state index in [0.717, 1.165) is 10.5 Å². The smallest absolute Gasteiger partial charge is 0.424 e. The first-order valence-corrected chi connectivity index (χ1v) is 10.3. The Balaban J connectivity index is 2.42. The van der Waals surface area contributed by atoms with Crippen molar-refractivity contribution in [2.24, 2.45) is 5.73 Å². The number of nitrogens with zero attached hydrogens (tertiary/aromatic N) is 1. The highest BCUT2D eigenvalue weighted by atomic mass is 16.6. The average Bonchev–Trinajstić information content (AvgIpc) is 2.66. The topological polar surface area (TPSA) is 111 Å². The molecular weight excluding hydrogens is 410 g/mol. The molecule has 0 saturated carbocycles. The van der Waals surface area contributed by atoms with Crippen molar-refractivity contribution in [3.8, 4) is 0 Å². The van der Waals surface area contributed by atoms with Crippen LogP contribution in [-0.4, -0.2) is 29.3 Å². The van der Waals surface area contributed by atoms with Gasteiger partial charge in [-0.15, -0.1) is 0 Å². The third-order valence-corrected chi connectivity index (χ3v) is 4.00. The number of nitrogens with one attached hydrogen (secondary N) is 1. The van der Waals surface area contributed by atoms with Crippen LogP contribution in [0.15, 0.2) is 48.5 Å². The second kappa shape index (κ2) is 9.82. The van der Waals surface area contributed by atoms with Gasteiger partial charge in [-0.25, -0.2) is 9.59 Å². The maximum absolute atomic E-state index is 12.9. The Hall–Kier alpha value is -3.39. The lowest BCUT2D eigenvalue weighted by molar-refractivity contribution is 0.0430. The lowest BCUT2D eigenvalue weighted by Crippen LogP contribution is -2.44. The van der Waals surface area contributed by atoms with E-state index in [1.165, 1.54) is 6.07 Å². The highest BCUT2D eigenvalue weighted by Gasteiger charge is 2.34. The van der Waals surface area contributed by atoms with Gasteiger partial charge in [-0.2, -0.15) is 4.90 Å². The summed E-state index contributed by atoms with van der Waals surface area (Å²) >= 11 is 0. The van der Waals surface area contributed by atoms with Crippen LogP contribution >= 0.6 is 0 Å². The third kappa shape index (κ3) is 7.09. The first-order chi connectivity index (χ1) is 14.8. The van der Waals surface area contributed by atoms with E-state index in [2.05, 4.69) is 5.32 Å². The number of amides is 3. The van der Waals surface area contributed by atoms with Gasteiger partial charge in [0.05, 0.1) is 11.4 Å². The predicted molar refractivity (Wildman–Crippen MR) is 124 cm³/mol. The van der Waals surface area contributed by atoms with Gasteiger partial charge in [0.15, 0.2) is 0 Å². The number of carbonyl (C=O) groups is 3. The summed E-state index contributed by atoms with van der Waals surface area (Å²) in [7, 11) is 0. The molecule has 0 aliphatic carbocycles. The SMILES string of the molecule is CC(C)(C)OC(=O)N(C(=O)OC(C)(C)C)c1ccccc1NC(=O)c1ccc(CN)cc1. The van der Waals surface area contributed by atoms with Gasteiger partial charge in [-0.3, -0.25) is 4.79 Å². The van der Waals surface area contributed by atoms with Crippen LogP contribution < -0.4 is 16.0 Å². The molecule has 32 heavy (non-hydrogen) atoms. The number of nitrogens with two attached hydrogens (primary N) is 1. The standard InChI is InChI=1S/C24H31N3O5/c1-23(2,3)31-21(29)27(22(30)32-24(4,5)6)19-10-8-7-9-18(19)26-20(28)17-13-11-16(15-25)12-14-17/h7-14H,15,25H2,1-6H3,(H,26,28). The molecule has 0 aromatic heterocycles. The highest BCUT2D eigenvalue weighted by Crippen LogP contribution is 2.29. The Morgan fingerprint density at radius 1 is 0.844 bits per heavy atom. The fourth-order valence-corrected chi connectivity index (χ4v) is 2.65. The van der Waals surface area contributed by atoms with Crippen LogP contribution in [0.4, 0.5) is 21.0 Å². The summed E-state index contributed by atoms with van der Waals surface area (Å²) in [5.41, 5.74) is 5.58. The van der Waals surface area contributed by atoms with Crippen molar-refractivity contribution in [3.63, 3.8) is 0 Å². The van der Waals surface area contributed by atoms with Crippen molar-refractivity contribution in [3.05, 3.63) is 59.7 Å². The molecule has 0 aliphatic heterocycles.